The SMILES string of the molecule is COCCNC(=O)C(NC(=O)c1ccc2c(c1)OCO2)C1CCN(C(=O)c2ccccc2)CC1. The molecule has 0 saturated carbocycles. The van der Waals surface area contributed by atoms with Crippen LogP contribution in [0.5, 0.6) is 11.5 Å². The zero-order valence-corrected chi connectivity index (χ0v) is 19.1. The Kier molecular flexibility index (Phi) is 7.64. The quantitative estimate of drug-likeness (QED) is 0.574. The van der Waals surface area contributed by atoms with Gasteiger partial charge in [-0.05, 0) is 49.1 Å². The van der Waals surface area contributed by atoms with Crippen LogP contribution in [0, 0.1) is 5.92 Å². The van der Waals surface area contributed by atoms with E-state index in [9.17, 15) is 14.4 Å². The predicted molar refractivity (Wildman–Crippen MR) is 124 cm³/mol. The van der Waals surface area contributed by atoms with Gasteiger partial charge in [-0.2, -0.15) is 0 Å². The van der Waals surface area contributed by atoms with E-state index in [4.69, 9.17) is 14.2 Å². The highest BCUT2D eigenvalue weighted by molar-refractivity contribution is 5.98. The molecule has 2 N–H and O–H groups in total. The van der Waals surface area contributed by atoms with Gasteiger partial charge >= 0.3 is 0 Å². The van der Waals surface area contributed by atoms with E-state index in [2.05, 4.69) is 10.6 Å². The highest BCUT2D eigenvalue weighted by atomic mass is 16.7. The Morgan fingerprint density at radius 1 is 1.03 bits per heavy atom. The molecule has 1 saturated heterocycles. The van der Waals surface area contributed by atoms with Crippen LogP contribution in [0.15, 0.2) is 48.5 Å². The van der Waals surface area contributed by atoms with Crippen LogP contribution in [-0.2, 0) is 9.53 Å². The maximum Gasteiger partial charge on any atom is 0.253 e. The van der Waals surface area contributed by atoms with Crippen LogP contribution in [-0.4, -0.2) is 68.8 Å². The molecule has 0 aromatic heterocycles. The van der Waals surface area contributed by atoms with Crippen molar-refractivity contribution >= 4 is 17.7 Å². The topological polar surface area (TPSA) is 106 Å². The van der Waals surface area contributed by atoms with Gasteiger partial charge in [-0.3, -0.25) is 14.4 Å². The fraction of sp³-hybridized carbons (Fsp3) is 0.400. The average Bonchev–Trinajstić information content (AvgIpc) is 3.35. The number of benzene rings is 2. The van der Waals surface area contributed by atoms with Gasteiger partial charge in [-0.25, -0.2) is 0 Å². The molecule has 0 radical (unpaired) electrons. The number of nitrogens with zero attached hydrogens (tertiary/aromatic N) is 1. The lowest BCUT2D eigenvalue weighted by molar-refractivity contribution is -0.124. The van der Waals surface area contributed by atoms with Gasteiger partial charge < -0.3 is 29.7 Å². The minimum absolute atomic E-state index is 0.0236. The van der Waals surface area contributed by atoms with E-state index in [-0.39, 0.29) is 30.4 Å². The highest BCUT2D eigenvalue weighted by Gasteiger charge is 2.34. The summed E-state index contributed by atoms with van der Waals surface area (Å²) in [6.45, 7) is 1.86. The van der Waals surface area contributed by atoms with Crippen LogP contribution in [0.4, 0.5) is 0 Å². The van der Waals surface area contributed by atoms with E-state index < -0.39 is 6.04 Å². The van der Waals surface area contributed by atoms with Crippen molar-refractivity contribution < 1.29 is 28.6 Å². The molecular formula is C25H29N3O6. The number of methoxy groups -OCH3 is 1. The number of nitrogens with one attached hydrogen (secondary N) is 2. The molecule has 180 valence electrons. The summed E-state index contributed by atoms with van der Waals surface area (Å²) in [7, 11) is 1.56. The molecule has 1 fully saturated rings. The molecule has 4 rings (SSSR count). The lowest BCUT2D eigenvalue weighted by Gasteiger charge is -2.36. The fourth-order valence-corrected chi connectivity index (χ4v) is 4.25. The molecule has 34 heavy (non-hydrogen) atoms. The molecule has 2 aromatic carbocycles. The maximum atomic E-state index is 13.0. The van der Waals surface area contributed by atoms with E-state index in [0.29, 0.717) is 61.7 Å². The summed E-state index contributed by atoms with van der Waals surface area (Å²) >= 11 is 0. The Balaban J connectivity index is 1.43. The molecule has 2 aliphatic rings. The van der Waals surface area contributed by atoms with Gasteiger partial charge in [0.2, 0.25) is 12.7 Å². The number of likely N-dealkylation sites (tertiary alicyclic amines) is 1. The van der Waals surface area contributed by atoms with E-state index in [1.54, 1.807) is 42.3 Å². The molecule has 2 aliphatic heterocycles. The third-order valence-electron chi connectivity index (χ3n) is 6.13. The minimum atomic E-state index is -0.733. The summed E-state index contributed by atoms with van der Waals surface area (Å²) in [5.74, 6) is 0.319. The smallest absolute Gasteiger partial charge is 0.253 e. The molecular weight excluding hydrogens is 438 g/mol. The molecule has 2 aromatic rings. The number of fused-ring (bicyclic) bond motifs is 1. The summed E-state index contributed by atoms with van der Waals surface area (Å²) in [6, 6.07) is 13.3. The number of hydrogen-bond acceptors (Lipinski definition) is 6. The highest BCUT2D eigenvalue weighted by Crippen LogP contribution is 2.32. The summed E-state index contributed by atoms with van der Waals surface area (Å²) in [4.78, 5) is 40.6. The molecule has 9 nitrogen and oxygen atoms in total. The lowest BCUT2D eigenvalue weighted by atomic mass is 9.88. The molecule has 2 heterocycles. The Labute approximate surface area is 198 Å². The second-order valence-electron chi connectivity index (χ2n) is 8.30. The van der Waals surface area contributed by atoms with E-state index in [1.165, 1.54) is 0 Å². The summed E-state index contributed by atoms with van der Waals surface area (Å²) in [5, 5.41) is 5.74. The second-order valence-corrected chi connectivity index (χ2v) is 8.30. The van der Waals surface area contributed by atoms with E-state index in [1.807, 2.05) is 18.2 Å². The Morgan fingerprint density at radius 2 is 1.76 bits per heavy atom. The van der Waals surface area contributed by atoms with Crippen molar-refractivity contribution in [2.45, 2.75) is 18.9 Å². The third-order valence-corrected chi connectivity index (χ3v) is 6.13. The van der Waals surface area contributed by atoms with E-state index in [0.717, 1.165) is 0 Å². The van der Waals surface area contributed by atoms with Gasteiger partial charge in [0.25, 0.3) is 11.8 Å². The van der Waals surface area contributed by atoms with Crippen molar-refractivity contribution in [2.24, 2.45) is 5.92 Å². The van der Waals surface area contributed by atoms with Crippen LogP contribution in [0.25, 0.3) is 0 Å². The molecule has 3 amide bonds. The molecule has 0 bridgehead atoms. The first-order valence-electron chi connectivity index (χ1n) is 11.4. The standard InChI is InChI=1S/C25H29N3O6/c1-32-14-11-26-24(30)22(27-23(29)19-7-8-20-21(15-19)34-16-33-20)17-9-12-28(13-10-17)25(31)18-5-3-2-4-6-18/h2-8,15,17,22H,9-14,16H2,1H3,(H,26,30)(H,27,29). The maximum absolute atomic E-state index is 13.0. The van der Waals surface area contributed by atoms with E-state index >= 15 is 0 Å². The van der Waals surface area contributed by atoms with Crippen molar-refractivity contribution in [1.82, 2.24) is 15.5 Å². The largest absolute Gasteiger partial charge is 0.454 e. The van der Waals surface area contributed by atoms with Crippen LogP contribution in [0.3, 0.4) is 0 Å². The van der Waals surface area contributed by atoms with Gasteiger partial charge in [-0.15, -0.1) is 0 Å². The van der Waals surface area contributed by atoms with Gasteiger partial charge in [0, 0.05) is 37.9 Å². The van der Waals surface area contributed by atoms with Crippen LogP contribution in [0.2, 0.25) is 0 Å². The van der Waals surface area contributed by atoms with Crippen molar-refractivity contribution in [3.63, 3.8) is 0 Å². The Hall–Kier alpha value is -3.59. The number of rotatable bonds is 8. The van der Waals surface area contributed by atoms with Crippen molar-refractivity contribution in [3.05, 3.63) is 59.7 Å². The summed E-state index contributed by atoms with van der Waals surface area (Å²) in [6.07, 6.45) is 1.20. The fourth-order valence-electron chi connectivity index (χ4n) is 4.25. The minimum Gasteiger partial charge on any atom is -0.454 e. The number of ether oxygens (including phenoxy) is 3. The van der Waals surface area contributed by atoms with Crippen molar-refractivity contribution in [3.8, 4) is 11.5 Å². The summed E-state index contributed by atoms with van der Waals surface area (Å²) in [5.41, 5.74) is 1.03. The number of hydrogen-bond donors (Lipinski definition) is 2. The molecule has 1 unspecified atom stereocenters. The Morgan fingerprint density at radius 3 is 2.50 bits per heavy atom. The van der Waals surface area contributed by atoms with Gasteiger partial charge in [0.05, 0.1) is 6.61 Å². The molecule has 0 aliphatic carbocycles. The zero-order chi connectivity index (χ0) is 23.9. The van der Waals surface area contributed by atoms with Crippen LogP contribution < -0.4 is 20.1 Å². The number of carbonyl (C=O) groups excluding carboxylic acids is 3. The first-order chi connectivity index (χ1) is 16.6. The van der Waals surface area contributed by atoms with Crippen LogP contribution in [0.1, 0.15) is 33.6 Å². The van der Waals surface area contributed by atoms with Crippen molar-refractivity contribution in [1.29, 1.82) is 0 Å². The number of piperidine rings is 1. The molecule has 9 heteroatoms. The second kappa shape index (κ2) is 11.0. The summed E-state index contributed by atoms with van der Waals surface area (Å²) < 4.78 is 15.7. The number of carbonyl (C=O) groups is 3. The predicted octanol–water partition coefficient (Wildman–Crippen LogP) is 1.83. The van der Waals surface area contributed by atoms with Gasteiger partial charge in [-0.1, -0.05) is 18.2 Å². The van der Waals surface area contributed by atoms with Gasteiger partial charge in [0.15, 0.2) is 11.5 Å². The first-order valence-corrected chi connectivity index (χ1v) is 11.4. The third kappa shape index (κ3) is 5.48. The lowest BCUT2D eigenvalue weighted by Crippen LogP contribution is -2.54. The zero-order valence-electron chi connectivity index (χ0n) is 19.1. The van der Waals surface area contributed by atoms with Gasteiger partial charge in [0.1, 0.15) is 6.04 Å². The average molecular weight is 468 g/mol. The first kappa shape index (κ1) is 23.6. The molecule has 0 spiro atoms. The number of amides is 3. The molecule has 1 atom stereocenters. The Bertz CT molecular complexity index is 1020. The van der Waals surface area contributed by atoms with Crippen LogP contribution >= 0.6 is 0 Å². The normalized spacial score (nSPS) is 16.1. The monoisotopic (exact) mass is 467 g/mol. The van der Waals surface area contributed by atoms with Crippen molar-refractivity contribution in [2.75, 3.05) is 40.1 Å².